The molecule has 0 N–H and O–H groups in total. The van der Waals surface area contributed by atoms with Crippen LogP contribution in [0.5, 0.6) is 0 Å². The van der Waals surface area contributed by atoms with Crippen molar-refractivity contribution in [1.29, 1.82) is 0 Å². The molecule has 2 atom stereocenters. The number of rotatable bonds is 2. The number of amides is 1. The smallest absolute Gasteiger partial charge is 0.219 e. The molecule has 0 aromatic heterocycles. The fraction of sp³-hybridized carbons (Fsp3) is 0.846. The van der Waals surface area contributed by atoms with Crippen LogP contribution in [0.15, 0.2) is 0 Å². The van der Waals surface area contributed by atoms with Crippen LogP contribution in [0.3, 0.4) is 0 Å². The van der Waals surface area contributed by atoms with Gasteiger partial charge in [-0.15, -0.1) is 0 Å². The minimum atomic E-state index is 0.196. The van der Waals surface area contributed by atoms with Gasteiger partial charge in [0.25, 0.3) is 0 Å². The number of hydrogen-bond donors (Lipinski definition) is 0. The highest BCUT2D eigenvalue weighted by Gasteiger charge is 2.31. The maximum Gasteiger partial charge on any atom is 0.219 e. The van der Waals surface area contributed by atoms with Gasteiger partial charge in [-0.2, -0.15) is 0 Å². The molecule has 2 unspecified atom stereocenters. The van der Waals surface area contributed by atoms with E-state index < -0.39 is 0 Å². The molecule has 1 aliphatic heterocycles. The predicted octanol–water partition coefficient (Wildman–Crippen LogP) is 1.69. The third kappa shape index (κ3) is 2.57. The normalized spacial score (nSPS) is 28.2. The van der Waals surface area contributed by atoms with E-state index in [1.54, 1.807) is 6.92 Å². The second-order valence-corrected chi connectivity index (χ2v) is 5.18. The van der Waals surface area contributed by atoms with Crippen LogP contribution in [0, 0.1) is 6.42 Å². The molecular weight excluding hydrogens is 200 g/mol. The van der Waals surface area contributed by atoms with E-state index in [1.165, 1.54) is 32.2 Å². The average Bonchev–Trinajstić information content (AvgIpc) is 2.78. The Morgan fingerprint density at radius 2 is 2.25 bits per heavy atom. The first-order valence-corrected chi connectivity index (χ1v) is 6.47. The minimum Gasteiger partial charge on any atom is -0.342 e. The maximum absolute atomic E-state index is 11.3. The molecule has 1 amide bonds. The molecule has 2 rings (SSSR count). The lowest BCUT2D eigenvalue weighted by atomic mass is 9.94. The fourth-order valence-electron chi connectivity index (χ4n) is 2.93. The van der Waals surface area contributed by atoms with Crippen molar-refractivity contribution in [1.82, 2.24) is 9.80 Å². The first kappa shape index (κ1) is 11.9. The van der Waals surface area contributed by atoms with Crippen LogP contribution >= 0.6 is 0 Å². The Labute approximate surface area is 98.8 Å². The molecule has 16 heavy (non-hydrogen) atoms. The lowest BCUT2D eigenvalue weighted by molar-refractivity contribution is -0.129. The van der Waals surface area contributed by atoms with Gasteiger partial charge in [0.2, 0.25) is 5.91 Å². The van der Waals surface area contributed by atoms with Crippen LogP contribution in [0.1, 0.15) is 39.0 Å². The number of carbonyl (C=O) groups excluding carboxylic acids is 1. The van der Waals surface area contributed by atoms with Crippen molar-refractivity contribution in [3.8, 4) is 0 Å². The van der Waals surface area contributed by atoms with Crippen molar-refractivity contribution in [3.63, 3.8) is 0 Å². The highest BCUT2D eigenvalue weighted by atomic mass is 16.2. The van der Waals surface area contributed by atoms with Gasteiger partial charge in [-0.1, -0.05) is 12.8 Å². The summed E-state index contributed by atoms with van der Waals surface area (Å²) in [5, 5.41) is 0. The first-order chi connectivity index (χ1) is 7.68. The van der Waals surface area contributed by atoms with Crippen molar-refractivity contribution < 1.29 is 4.79 Å². The molecule has 3 heteroatoms. The number of nitrogens with zero attached hydrogens (tertiary/aromatic N) is 2. The van der Waals surface area contributed by atoms with E-state index in [9.17, 15) is 4.79 Å². The lowest BCUT2D eigenvalue weighted by Crippen LogP contribution is -2.40. The second-order valence-electron chi connectivity index (χ2n) is 5.18. The van der Waals surface area contributed by atoms with Crippen LogP contribution in [0.4, 0.5) is 0 Å². The zero-order valence-corrected chi connectivity index (χ0v) is 10.5. The van der Waals surface area contributed by atoms with Crippen molar-refractivity contribution in [2.75, 3.05) is 20.1 Å². The highest BCUT2D eigenvalue weighted by Crippen LogP contribution is 2.26. The summed E-state index contributed by atoms with van der Waals surface area (Å²) in [5.41, 5.74) is 0. The molecule has 0 spiro atoms. The van der Waals surface area contributed by atoms with E-state index in [0.717, 1.165) is 19.0 Å². The SMILES string of the molecule is CC(=O)N(C)C1CCN(C2C[CH]CCC2)C1. The van der Waals surface area contributed by atoms with E-state index in [4.69, 9.17) is 0 Å². The van der Waals surface area contributed by atoms with E-state index in [0.29, 0.717) is 6.04 Å². The Kier molecular flexibility index (Phi) is 3.85. The summed E-state index contributed by atoms with van der Waals surface area (Å²) < 4.78 is 0. The van der Waals surface area contributed by atoms with Gasteiger partial charge in [-0.25, -0.2) is 0 Å². The van der Waals surface area contributed by atoms with Gasteiger partial charge in [-0.05, 0) is 25.7 Å². The quantitative estimate of drug-likeness (QED) is 0.711. The van der Waals surface area contributed by atoms with Crippen LogP contribution in [0.25, 0.3) is 0 Å². The topological polar surface area (TPSA) is 23.6 Å². The van der Waals surface area contributed by atoms with Gasteiger partial charge in [0.15, 0.2) is 0 Å². The Morgan fingerprint density at radius 1 is 1.44 bits per heavy atom. The van der Waals surface area contributed by atoms with Crippen LogP contribution in [0.2, 0.25) is 0 Å². The van der Waals surface area contributed by atoms with Gasteiger partial charge in [0.05, 0.1) is 0 Å². The summed E-state index contributed by atoms with van der Waals surface area (Å²) in [6.45, 7) is 3.91. The third-order valence-corrected chi connectivity index (χ3v) is 4.14. The molecule has 1 saturated carbocycles. The molecule has 1 aliphatic carbocycles. The summed E-state index contributed by atoms with van der Waals surface area (Å²) in [7, 11) is 1.93. The molecule has 1 radical (unpaired) electrons. The molecule has 1 heterocycles. The summed E-state index contributed by atoms with van der Waals surface area (Å²) in [6.07, 6.45) is 8.79. The first-order valence-electron chi connectivity index (χ1n) is 6.47. The van der Waals surface area contributed by atoms with E-state index in [2.05, 4.69) is 11.3 Å². The monoisotopic (exact) mass is 223 g/mol. The van der Waals surface area contributed by atoms with Gasteiger partial charge >= 0.3 is 0 Å². The summed E-state index contributed by atoms with van der Waals surface area (Å²) in [5.74, 6) is 0.196. The van der Waals surface area contributed by atoms with Crippen LogP contribution in [-0.2, 0) is 4.79 Å². The summed E-state index contributed by atoms with van der Waals surface area (Å²) in [4.78, 5) is 15.8. The Morgan fingerprint density at radius 3 is 2.88 bits per heavy atom. The van der Waals surface area contributed by atoms with Crippen molar-refractivity contribution in [2.45, 2.75) is 51.1 Å². The Balaban J connectivity index is 1.84. The molecule has 2 fully saturated rings. The predicted molar refractivity (Wildman–Crippen MR) is 65.0 cm³/mol. The van der Waals surface area contributed by atoms with Gasteiger partial charge in [0.1, 0.15) is 0 Å². The lowest BCUT2D eigenvalue weighted by Gasteiger charge is -2.31. The minimum absolute atomic E-state index is 0.196. The van der Waals surface area contributed by atoms with E-state index >= 15 is 0 Å². The maximum atomic E-state index is 11.3. The van der Waals surface area contributed by atoms with Crippen LogP contribution < -0.4 is 0 Å². The second kappa shape index (κ2) is 5.17. The zero-order valence-electron chi connectivity index (χ0n) is 10.5. The van der Waals surface area contributed by atoms with E-state index in [1.807, 2.05) is 11.9 Å². The zero-order chi connectivity index (χ0) is 11.5. The largest absolute Gasteiger partial charge is 0.342 e. The van der Waals surface area contributed by atoms with Gasteiger partial charge < -0.3 is 4.90 Å². The number of likely N-dealkylation sites (N-methyl/N-ethyl adjacent to an activating group) is 1. The number of hydrogen-bond acceptors (Lipinski definition) is 2. The Bertz CT molecular complexity index is 248. The third-order valence-electron chi connectivity index (χ3n) is 4.14. The fourth-order valence-corrected chi connectivity index (χ4v) is 2.93. The van der Waals surface area contributed by atoms with Gasteiger partial charge in [0, 0.05) is 39.1 Å². The van der Waals surface area contributed by atoms with Crippen molar-refractivity contribution in [2.24, 2.45) is 0 Å². The Hall–Kier alpha value is -0.570. The number of likely N-dealkylation sites (tertiary alicyclic amines) is 1. The average molecular weight is 223 g/mol. The standard InChI is InChI=1S/C13H23N2O/c1-11(16)14(2)13-8-9-15(10-13)12-6-4-3-5-7-12/h4,12-13H,3,5-10H2,1-2H3. The highest BCUT2D eigenvalue weighted by molar-refractivity contribution is 5.73. The summed E-state index contributed by atoms with van der Waals surface area (Å²) >= 11 is 0. The molecule has 3 nitrogen and oxygen atoms in total. The molecular formula is C13H23N2O. The molecule has 91 valence electrons. The molecule has 0 aromatic carbocycles. The van der Waals surface area contributed by atoms with Crippen molar-refractivity contribution in [3.05, 3.63) is 6.42 Å². The van der Waals surface area contributed by atoms with Gasteiger partial charge in [-0.3, -0.25) is 9.69 Å². The molecule has 2 aliphatic rings. The summed E-state index contributed by atoms with van der Waals surface area (Å²) in [6, 6.07) is 1.19. The molecule has 0 bridgehead atoms. The van der Waals surface area contributed by atoms with Crippen LogP contribution in [-0.4, -0.2) is 47.9 Å². The molecule has 1 saturated heterocycles. The van der Waals surface area contributed by atoms with E-state index in [-0.39, 0.29) is 5.91 Å². The number of carbonyl (C=O) groups is 1. The molecule has 0 aromatic rings. The van der Waals surface area contributed by atoms with Crippen molar-refractivity contribution >= 4 is 5.91 Å².